The second-order valence-corrected chi connectivity index (χ2v) is 7.03. The van der Waals surface area contributed by atoms with E-state index in [0.717, 1.165) is 24.8 Å². The fourth-order valence-electron chi connectivity index (χ4n) is 4.18. The summed E-state index contributed by atoms with van der Waals surface area (Å²) >= 11 is 0. The highest BCUT2D eigenvalue weighted by molar-refractivity contribution is 5.27. The van der Waals surface area contributed by atoms with Gasteiger partial charge in [-0.1, -0.05) is 25.0 Å². The molecule has 2 aliphatic rings. The van der Waals surface area contributed by atoms with Gasteiger partial charge in [0.05, 0.1) is 0 Å². The molecule has 1 heterocycles. The summed E-state index contributed by atoms with van der Waals surface area (Å²) in [7, 11) is 0. The maximum Gasteiger partial charge on any atom is 0.119 e. The van der Waals surface area contributed by atoms with Gasteiger partial charge in [-0.05, 0) is 62.8 Å². The summed E-state index contributed by atoms with van der Waals surface area (Å²) in [6.45, 7) is 4.34. The quantitative estimate of drug-likeness (QED) is 0.905. The van der Waals surface area contributed by atoms with Crippen LogP contribution in [0.15, 0.2) is 24.3 Å². The van der Waals surface area contributed by atoms with E-state index in [-0.39, 0.29) is 0 Å². The van der Waals surface area contributed by atoms with Crippen LogP contribution in [0.25, 0.3) is 0 Å². The Morgan fingerprint density at radius 2 is 2.05 bits per heavy atom. The Balaban J connectivity index is 1.49. The number of likely N-dealkylation sites (tertiary alicyclic amines) is 1. The lowest BCUT2D eigenvalue weighted by atomic mass is 9.78. The van der Waals surface area contributed by atoms with Gasteiger partial charge in [-0.25, -0.2) is 0 Å². The van der Waals surface area contributed by atoms with Gasteiger partial charge in [0.15, 0.2) is 0 Å². The Hall–Kier alpha value is -1.06. The van der Waals surface area contributed by atoms with E-state index in [9.17, 15) is 5.11 Å². The normalized spacial score (nSPS) is 27.2. The molecule has 1 aliphatic heterocycles. The third kappa shape index (κ3) is 4.02. The Kier molecular flexibility index (Phi) is 5.37. The van der Waals surface area contributed by atoms with Gasteiger partial charge >= 0.3 is 0 Å². The summed E-state index contributed by atoms with van der Waals surface area (Å²) in [5.74, 6) is 1.72. The molecular formula is C19H29NO2. The van der Waals surface area contributed by atoms with Crippen LogP contribution in [0, 0.1) is 12.8 Å². The van der Waals surface area contributed by atoms with Gasteiger partial charge in [-0.2, -0.15) is 0 Å². The highest BCUT2D eigenvalue weighted by Gasteiger charge is 2.33. The summed E-state index contributed by atoms with van der Waals surface area (Å²) in [6, 6.07) is 8.73. The maximum absolute atomic E-state index is 10.4. The number of ether oxygens (including phenoxy) is 1. The van der Waals surface area contributed by atoms with Crippen molar-refractivity contribution in [3.8, 4) is 5.75 Å². The maximum atomic E-state index is 10.4. The largest absolute Gasteiger partial charge is 0.491 e. The molecule has 0 spiro atoms. The predicted octanol–water partition coefficient (Wildman–Crippen LogP) is 3.39. The molecule has 0 aromatic heterocycles. The Labute approximate surface area is 134 Å². The van der Waals surface area contributed by atoms with Crippen molar-refractivity contribution < 1.29 is 9.84 Å². The van der Waals surface area contributed by atoms with Crippen molar-refractivity contribution in [2.24, 2.45) is 5.92 Å². The molecular weight excluding hydrogens is 274 g/mol. The lowest BCUT2D eigenvalue weighted by Crippen LogP contribution is -2.50. The number of aliphatic hydroxyl groups excluding tert-OH is 1. The first kappa shape index (κ1) is 15.8. The van der Waals surface area contributed by atoms with Crippen molar-refractivity contribution in [3.63, 3.8) is 0 Å². The van der Waals surface area contributed by atoms with Crippen LogP contribution < -0.4 is 4.74 Å². The molecule has 3 nitrogen and oxygen atoms in total. The minimum atomic E-state index is -0.402. The Morgan fingerprint density at radius 3 is 2.91 bits per heavy atom. The molecule has 0 bridgehead atoms. The predicted molar refractivity (Wildman–Crippen MR) is 89.2 cm³/mol. The Morgan fingerprint density at radius 1 is 1.23 bits per heavy atom. The molecule has 1 aromatic rings. The standard InChI is InChI=1S/C19H29NO2/c1-15-6-4-9-18(12-15)22-14-17(21)13-20-11-5-8-16-7-2-3-10-19(16)20/h4,6,9,12,16-17,19,21H,2-3,5,7-8,10-11,13-14H2,1H3. The van der Waals surface area contributed by atoms with E-state index < -0.39 is 6.10 Å². The van der Waals surface area contributed by atoms with Gasteiger partial charge in [0.1, 0.15) is 18.5 Å². The van der Waals surface area contributed by atoms with E-state index in [4.69, 9.17) is 4.74 Å². The van der Waals surface area contributed by atoms with Crippen molar-refractivity contribution in [3.05, 3.63) is 29.8 Å². The molecule has 3 atom stereocenters. The lowest BCUT2D eigenvalue weighted by Gasteiger charge is -2.44. The molecule has 1 N–H and O–H groups in total. The molecule has 0 amide bonds. The summed E-state index contributed by atoms with van der Waals surface area (Å²) in [5, 5.41) is 10.4. The smallest absolute Gasteiger partial charge is 0.119 e. The highest BCUT2D eigenvalue weighted by Crippen LogP contribution is 2.35. The second kappa shape index (κ2) is 7.47. The summed E-state index contributed by atoms with van der Waals surface area (Å²) in [6.07, 6.45) is 7.72. The molecule has 122 valence electrons. The van der Waals surface area contributed by atoms with Crippen LogP contribution >= 0.6 is 0 Å². The van der Waals surface area contributed by atoms with E-state index in [1.165, 1.54) is 44.1 Å². The number of benzene rings is 1. The molecule has 0 radical (unpaired) electrons. The van der Waals surface area contributed by atoms with Crippen molar-refractivity contribution in [1.82, 2.24) is 4.90 Å². The third-order valence-electron chi connectivity index (χ3n) is 5.24. The third-order valence-corrected chi connectivity index (χ3v) is 5.24. The van der Waals surface area contributed by atoms with E-state index in [1.807, 2.05) is 18.2 Å². The van der Waals surface area contributed by atoms with Crippen molar-refractivity contribution in [2.45, 2.75) is 57.6 Å². The number of aliphatic hydroxyl groups is 1. The van der Waals surface area contributed by atoms with Gasteiger partial charge < -0.3 is 9.84 Å². The first-order valence-electron chi connectivity index (χ1n) is 8.84. The molecule has 2 fully saturated rings. The van der Waals surface area contributed by atoms with Crippen LogP contribution in [0.5, 0.6) is 5.75 Å². The topological polar surface area (TPSA) is 32.7 Å². The average Bonchev–Trinajstić information content (AvgIpc) is 2.53. The van der Waals surface area contributed by atoms with E-state index >= 15 is 0 Å². The number of piperidine rings is 1. The van der Waals surface area contributed by atoms with E-state index in [2.05, 4.69) is 17.9 Å². The molecule has 1 aliphatic carbocycles. The lowest BCUT2D eigenvalue weighted by molar-refractivity contribution is 0.00654. The van der Waals surface area contributed by atoms with Crippen molar-refractivity contribution in [2.75, 3.05) is 19.7 Å². The van der Waals surface area contributed by atoms with Crippen molar-refractivity contribution >= 4 is 0 Å². The minimum Gasteiger partial charge on any atom is -0.491 e. The number of fused-ring (bicyclic) bond motifs is 1. The van der Waals surface area contributed by atoms with Crippen LogP contribution in [-0.4, -0.2) is 41.8 Å². The number of aryl methyl sites for hydroxylation is 1. The fraction of sp³-hybridized carbons (Fsp3) is 0.684. The number of hydrogen-bond acceptors (Lipinski definition) is 3. The molecule has 1 saturated carbocycles. The first-order chi connectivity index (χ1) is 10.7. The average molecular weight is 303 g/mol. The zero-order valence-electron chi connectivity index (χ0n) is 13.7. The van der Waals surface area contributed by atoms with E-state index in [1.54, 1.807) is 0 Å². The number of rotatable bonds is 5. The molecule has 3 rings (SSSR count). The van der Waals surface area contributed by atoms with E-state index in [0.29, 0.717) is 12.6 Å². The van der Waals surface area contributed by atoms with Crippen LogP contribution in [0.3, 0.4) is 0 Å². The zero-order chi connectivity index (χ0) is 15.4. The van der Waals surface area contributed by atoms with Crippen LogP contribution in [-0.2, 0) is 0 Å². The molecule has 1 aromatic carbocycles. The Bertz CT molecular complexity index is 474. The second-order valence-electron chi connectivity index (χ2n) is 7.03. The summed E-state index contributed by atoms with van der Waals surface area (Å²) in [5.41, 5.74) is 1.19. The van der Waals surface area contributed by atoms with Crippen LogP contribution in [0.1, 0.15) is 44.1 Å². The SMILES string of the molecule is Cc1cccc(OCC(O)CN2CCCC3CCCCC32)c1. The van der Waals surface area contributed by atoms with Gasteiger partial charge in [-0.3, -0.25) is 4.90 Å². The number of hydrogen-bond donors (Lipinski definition) is 1. The summed E-state index contributed by atoms with van der Waals surface area (Å²) < 4.78 is 5.75. The minimum absolute atomic E-state index is 0.386. The van der Waals surface area contributed by atoms with Gasteiger partial charge in [0, 0.05) is 12.6 Å². The molecule has 1 saturated heterocycles. The number of nitrogens with zero attached hydrogens (tertiary/aromatic N) is 1. The number of β-amino-alcohol motifs (C(OH)–C–C–N with tert-alkyl or cyclic N) is 1. The zero-order valence-corrected chi connectivity index (χ0v) is 13.7. The molecule has 3 heteroatoms. The molecule has 3 unspecified atom stereocenters. The monoisotopic (exact) mass is 303 g/mol. The highest BCUT2D eigenvalue weighted by atomic mass is 16.5. The van der Waals surface area contributed by atoms with Crippen LogP contribution in [0.2, 0.25) is 0 Å². The van der Waals surface area contributed by atoms with Crippen molar-refractivity contribution in [1.29, 1.82) is 0 Å². The fourth-order valence-corrected chi connectivity index (χ4v) is 4.18. The van der Waals surface area contributed by atoms with Gasteiger partial charge in [0.25, 0.3) is 0 Å². The van der Waals surface area contributed by atoms with Gasteiger partial charge in [0.2, 0.25) is 0 Å². The molecule has 22 heavy (non-hydrogen) atoms. The first-order valence-corrected chi connectivity index (χ1v) is 8.84. The van der Waals surface area contributed by atoms with Gasteiger partial charge in [-0.15, -0.1) is 0 Å². The summed E-state index contributed by atoms with van der Waals surface area (Å²) in [4.78, 5) is 2.53. The van der Waals surface area contributed by atoms with Crippen LogP contribution in [0.4, 0.5) is 0 Å².